The monoisotopic (exact) mass is 274 g/mol. The smallest absolute Gasteiger partial charge is 0.154 e. The Labute approximate surface area is 108 Å². The van der Waals surface area contributed by atoms with Gasteiger partial charge in [-0.2, -0.15) is 0 Å². The molecule has 6 heteroatoms. The van der Waals surface area contributed by atoms with Crippen LogP contribution in [0.5, 0.6) is 0 Å². The molecule has 18 heavy (non-hydrogen) atoms. The normalized spacial score (nSPS) is 46.4. The zero-order valence-electron chi connectivity index (χ0n) is 11.0. The molecule has 5 nitrogen and oxygen atoms in total. The Hall–Kier alpha value is -0.170. The van der Waals surface area contributed by atoms with Gasteiger partial charge in [0.15, 0.2) is 9.84 Å². The van der Waals surface area contributed by atoms with Gasteiger partial charge in [-0.1, -0.05) is 0 Å². The molecule has 0 aromatic carbocycles. The minimum Gasteiger partial charge on any atom is -0.390 e. The summed E-state index contributed by atoms with van der Waals surface area (Å²) in [6.07, 6.45) is -0.721. The zero-order valence-corrected chi connectivity index (χ0v) is 11.8. The minimum absolute atomic E-state index is 0.0281. The zero-order chi connectivity index (χ0) is 13.1. The highest BCUT2D eigenvalue weighted by Crippen LogP contribution is 2.43. The molecule has 0 saturated carbocycles. The molecule has 0 bridgehead atoms. The first kappa shape index (κ1) is 12.8. The molecule has 4 atom stereocenters. The molecule has 3 rings (SSSR count). The highest BCUT2D eigenvalue weighted by molar-refractivity contribution is 7.91. The molecule has 104 valence electrons. The van der Waals surface area contributed by atoms with Gasteiger partial charge in [0.1, 0.15) is 0 Å². The van der Waals surface area contributed by atoms with Crippen LogP contribution in [0.25, 0.3) is 0 Å². The van der Waals surface area contributed by atoms with Gasteiger partial charge >= 0.3 is 0 Å². The lowest BCUT2D eigenvalue weighted by Gasteiger charge is -2.40. The first-order chi connectivity index (χ1) is 8.31. The summed E-state index contributed by atoms with van der Waals surface area (Å²) in [7, 11) is -3.06. The van der Waals surface area contributed by atoms with Crippen LogP contribution < -0.4 is 5.32 Å². The van der Waals surface area contributed by atoms with Gasteiger partial charge in [0.25, 0.3) is 0 Å². The van der Waals surface area contributed by atoms with Gasteiger partial charge in [0.2, 0.25) is 0 Å². The van der Waals surface area contributed by atoms with E-state index in [0.717, 1.165) is 19.6 Å². The largest absolute Gasteiger partial charge is 0.390 e. The maximum atomic E-state index is 11.7. The van der Waals surface area contributed by atoms with Crippen molar-refractivity contribution in [3.63, 3.8) is 0 Å². The van der Waals surface area contributed by atoms with Gasteiger partial charge < -0.3 is 10.4 Å². The number of aliphatic hydroxyl groups is 1. The third-order valence-electron chi connectivity index (χ3n) is 5.11. The lowest BCUT2D eigenvalue weighted by Crippen LogP contribution is -2.53. The van der Waals surface area contributed by atoms with E-state index < -0.39 is 15.9 Å². The molecule has 0 aliphatic carbocycles. The molecule has 0 radical (unpaired) electrons. The molecule has 0 amide bonds. The predicted molar refractivity (Wildman–Crippen MR) is 69.1 cm³/mol. The molecule has 0 aromatic heterocycles. The molecule has 0 aromatic rings. The Morgan fingerprint density at radius 2 is 2.00 bits per heavy atom. The van der Waals surface area contributed by atoms with Crippen LogP contribution in [-0.2, 0) is 9.84 Å². The van der Waals surface area contributed by atoms with Crippen molar-refractivity contribution >= 4 is 9.84 Å². The minimum atomic E-state index is -3.06. The van der Waals surface area contributed by atoms with E-state index in [1.54, 1.807) is 0 Å². The highest BCUT2D eigenvalue weighted by Gasteiger charge is 2.54. The van der Waals surface area contributed by atoms with E-state index in [2.05, 4.69) is 24.1 Å². The molecule has 0 spiro atoms. The van der Waals surface area contributed by atoms with Crippen LogP contribution in [0.2, 0.25) is 0 Å². The maximum Gasteiger partial charge on any atom is 0.154 e. The van der Waals surface area contributed by atoms with Crippen molar-refractivity contribution in [2.75, 3.05) is 31.1 Å². The van der Waals surface area contributed by atoms with E-state index in [0.29, 0.717) is 11.8 Å². The summed E-state index contributed by atoms with van der Waals surface area (Å²) < 4.78 is 23.3. The van der Waals surface area contributed by atoms with E-state index >= 15 is 0 Å². The van der Waals surface area contributed by atoms with Crippen molar-refractivity contribution in [2.45, 2.75) is 31.5 Å². The van der Waals surface area contributed by atoms with Crippen LogP contribution in [0.15, 0.2) is 0 Å². The predicted octanol–water partition coefficient (Wildman–Crippen LogP) is -0.926. The maximum absolute atomic E-state index is 11.7. The summed E-state index contributed by atoms with van der Waals surface area (Å²) in [6.45, 7) is 7.29. The van der Waals surface area contributed by atoms with Gasteiger partial charge in [-0.15, -0.1) is 0 Å². The number of likely N-dealkylation sites (tertiary alicyclic amines) is 1. The van der Waals surface area contributed by atoms with E-state index in [4.69, 9.17) is 0 Å². The van der Waals surface area contributed by atoms with Gasteiger partial charge in [0, 0.05) is 18.6 Å². The summed E-state index contributed by atoms with van der Waals surface area (Å²) >= 11 is 0. The van der Waals surface area contributed by atoms with Crippen LogP contribution in [0.4, 0.5) is 0 Å². The number of sulfone groups is 1. The number of nitrogens with zero attached hydrogens (tertiary/aromatic N) is 1. The molecule has 3 saturated heterocycles. The Morgan fingerprint density at radius 3 is 2.56 bits per heavy atom. The van der Waals surface area contributed by atoms with Crippen molar-refractivity contribution in [2.24, 2.45) is 11.8 Å². The average Bonchev–Trinajstić information content (AvgIpc) is 2.83. The van der Waals surface area contributed by atoms with E-state index in [1.807, 2.05) is 0 Å². The van der Waals surface area contributed by atoms with Crippen molar-refractivity contribution < 1.29 is 13.5 Å². The second kappa shape index (κ2) is 3.91. The topological polar surface area (TPSA) is 69.6 Å². The van der Waals surface area contributed by atoms with Gasteiger partial charge in [-0.25, -0.2) is 8.42 Å². The number of fused-ring (bicyclic) bond motifs is 1. The number of nitrogens with one attached hydrogen (secondary N) is 1. The first-order valence-electron chi connectivity index (χ1n) is 6.67. The van der Waals surface area contributed by atoms with E-state index in [1.165, 1.54) is 0 Å². The molecular formula is C12H22N2O3S. The average molecular weight is 274 g/mol. The molecule has 3 fully saturated rings. The summed E-state index contributed by atoms with van der Waals surface area (Å²) in [5, 5.41) is 13.5. The fourth-order valence-corrected chi connectivity index (χ4v) is 5.92. The SMILES string of the molecule is CC1(C)C2CNCC2CN1C1CS(=O)(=O)CC1O. The second-order valence-electron chi connectivity index (χ2n) is 6.54. The van der Waals surface area contributed by atoms with Crippen LogP contribution >= 0.6 is 0 Å². The van der Waals surface area contributed by atoms with Crippen LogP contribution in [0, 0.1) is 11.8 Å². The second-order valence-corrected chi connectivity index (χ2v) is 8.70. The Kier molecular flexibility index (Phi) is 2.79. The Bertz CT molecular complexity index is 448. The lowest BCUT2D eigenvalue weighted by atomic mass is 9.84. The number of hydrogen-bond acceptors (Lipinski definition) is 5. The molecule has 2 N–H and O–H groups in total. The summed E-state index contributed by atoms with van der Waals surface area (Å²) in [5.74, 6) is 1.20. The molecule has 3 heterocycles. The van der Waals surface area contributed by atoms with Crippen molar-refractivity contribution in [3.05, 3.63) is 0 Å². The first-order valence-corrected chi connectivity index (χ1v) is 8.49. The quantitative estimate of drug-likeness (QED) is 0.647. The fraction of sp³-hybridized carbons (Fsp3) is 1.00. The third kappa shape index (κ3) is 1.81. The van der Waals surface area contributed by atoms with Crippen molar-refractivity contribution in [1.29, 1.82) is 0 Å². The van der Waals surface area contributed by atoms with Gasteiger partial charge in [0.05, 0.1) is 23.7 Å². The molecule has 4 unspecified atom stereocenters. The van der Waals surface area contributed by atoms with E-state index in [9.17, 15) is 13.5 Å². The van der Waals surface area contributed by atoms with Crippen LogP contribution in [0.3, 0.4) is 0 Å². The van der Waals surface area contributed by atoms with Gasteiger partial charge in [-0.05, 0) is 32.2 Å². The Balaban J connectivity index is 1.86. The summed E-state index contributed by atoms with van der Waals surface area (Å²) in [6, 6.07) is -0.212. The number of aliphatic hydroxyl groups excluding tert-OH is 1. The summed E-state index contributed by atoms with van der Waals surface area (Å²) in [5.41, 5.74) is -0.0281. The third-order valence-corrected chi connectivity index (χ3v) is 6.81. The Morgan fingerprint density at radius 1 is 1.28 bits per heavy atom. The van der Waals surface area contributed by atoms with Crippen LogP contribution in [0.1, 0.15) is 13.8 Å². The van der Waals surface area contributed by atoms with Crippen molar-refractivity contribution in [1.82, 2.24) is 10.2 Å². The fourth-order valence-electron chi connectivity index (χ4n) is 4.12. The molecule has 3 aliphatic heterocycles. The molecular weight excluding hydrogens is 252 g/mol. The lowest BCUT2D eigenvalue weighted by molar-refractivity contribution is 0.0315. The van der Waals surface area contributed by atoms with Gasteiger partial charge in [-0.3, -0.25) is 4.90 Å². The number of hydrogen-bond donors (Lipinski definition) is 2. The highest BCUT2D eigenvalue weighted by atomic mass is 32.2. The van der Waals surface area contributed by atoms with E-state index in [-0.39, 0.29) is 23.1 Å². The molecule has 3 aliphatic rings. The van der Waals surface area contributed by atoms with Crippen molar-refractivity contribution in [3.8, 4) is 0 Å². The summed E-state index contributed by atoms with van der Waals surface area (Å²) in [4.78, 5) is 2.25. The van der Waals surface area contributed by atoms with Crippen LogP contribution in [-0.4, -0.2) is 67.2 Å². The number of rotatable bonds is 1. The standard InChI is InChI=1S/C12H22N2O3S/c1-12(2)9-4-13-3-8(9)5-14(12)10-6-18(16,17)7-11(10)15/h8-11,13,15H,3-7H2,1-2H3.